The molecule has 1 aliphatic carbocycles. The van der Waals surface area contributed by atoms with Crippen molar-refractivity contribution in [3.8, 4) is 21.3 Å². The number of phenolic OH excluding ortho intramolecular Hbond substituents is 2. The zero-order chi connectivity index (χ0) is 16.3. The summed E-state index contributed by atoms with van der Waals surface area (Å²) in [5.74, 6) is 0.227. The number of aryl methyl sites for hydroxylation is 1. The van der Waals surface area contributed by atoms with Crippen molar-refractivity contribution in [3.63, 3.8) is 0 Å². The number of aromatic hydroxyl groups is 2. The summed E-state index contributed by atoms with van der Waals surface area (Å²) in [6.45, 7) is 0.923. The number of nitrogens with one attached hydrogen (secondary N) is 1. The van der Waals surface area contributed by atoms with E-state index in [1.54, 1.807) is 23.5 Å². The van der Waals surface area contributed by atoms with Crippen molar-refractivity contribution in [3.05, 3.63) is 57.3 Å². The predicted molar refractivity (Wildman–Crippen MR) is 98.2 cm³/mol. The van der Waals surface area contributed by atoms with Crippen LogP contribution in [0.3, 0.4) is 0 Å². The van der Waals surface area contributed by atoms with E-state index in [2.05, 4.69) is 28.9 Å². The molecule has 0 amide bonds. The van der Waals surface area contributed by atoms with Crippen LogP contribution < -0.4 is 5.32 Å². The van der Waals surface area contributed by atoms with E-state index in [9.17, 15) is 10.2 Å². The Morgan fingerprint density at radius 1 is 1.04 bits per heavy atom. The van der Waals surface area contributed by atoms with Crippen molar-refractivity contribution in [2.75, 3.05) is 0 Å². The lowest BCUT2D eigenvalue weighted by atomic mass is 9.74. The molecule has 0 radical (unpaired) electrons. The highest BCUT2D eigenvalue weighted by Crippen LogP contribution is 2.47. The van der Waals surface area contributed by atoms with Crippen LogP contribution in [0.5, 0.6) is 11.5 Å². The Hall–Kier alpha value is -1.82. The number of benzene rings is 1. The molecule has 0 bridgehead atoms. The van der Waals surface area contributed by atoms with Gasteiger partial charge in [0.15, 0.2) is 11.5 Å². The Kier molecular flexibility index (Phi) is 3.23. The summed E-state index contributed by atoms with van der Waals surface area (Å²) in [6, 6.07) is 10.5. The van der Waals surface area contributed by atoms with Gasteiger partial charge in [-0.3, -0.25) is 0 Å². The van der Waals surface area contributed by atoms with E-state index >= 15 is 0 Å². The molecule has 122 valence electrons. The highest BCUT2D eigenvalue weighted by atomic mass is 32.1. The topological polar surface area (TPSA) is 52.5 Å². The summed E-state index contributed by atoms with van der Waals surface area (Å²) in [5.41, 5.74) is 3.70. The van der Waals surface area contributed by atoms with Gasteiger partial charge in [-0.05, 0) is 59.2 Å². The standard InChI is InChI=1S/C19H17NO2S2/c21-14-6-10-3-4-13-19(11(10)7-15(14)22)12-8-17(16-2-1-5-23-16)24-18(12)9-20-13/h1-2,5-8,13,19-22H,3-4,9H2/t13-,19+/m0/s1. The SMILES string of the molecule is Oc1cc2c(cc1O)[C@@H]1c3cc(-c4cccs4)sc3CN[C@H]1CC2. The van der Waals surface area contributed by atoms with E-state index in [1.807, 2.05) is 11.3 Å². The highest BCUT2D eigenvalue weighted by molar-refractivity contribution is 7.21. The quantitative estimate of drug-likeness (QED) is 0.566. The number of hydrogen-bond donors (Lipinski definition) is 3. The van der Waals surface area contributed by atoms with Crippen LogP contribution in [0.15, 0.2) is 35.7 Å². The van der Waals surface area contributed by atoms with Gasteiger partial charge in [-0.2, -0.15) is 0 Å². The molecule has 1 aliphatic heterocycles. The van der Waals surface area contributed by atoms with E-state index < -0.39 is 0 Å². The second-order valence-electron chi connectivity index (χ2n) is 6.51. The molecule has 0 saturated heterocycles. The van der Waals surface area contributed by atoms with Crippen LogP contribution in [-0.4, -0.2) is 16.3 Å². The van der Waals surface area contributed by atoms with E-state index in [0.29, 0.717) is 6.04 Å². The molecule has 1 aromatic carbocycles. The molecule has 3 N–H and O–H groups in total. The smallest absolute Gasteiger partial charge is 0.157 e. The van der Waals surface area contributed by atoms with Crippen molar-refractivity contribution in [1.82, 2.24) is 5.32 Å². The van der Waals surface area contributed by atoms with Gasteiger partial charge in [0, 0.05) is 33.1 Å². The molecule has 2 aromatic heterocycles. The van der Waals surface area contributed by atoms with Gasteiger partial charge in [-0.25, -0.2) is 0 Å². The first-order valence-corrected chi connectivity index (χ1v) is 9.85. The molecule has 3 nitrogen and oxygen atoms in total. The molecule has 2 aliphatic rings. The van der Waals surface area contributed by atoms with Crippen LogP contribution in [0.4, 0.5) is 0 Å². The maximum Gasteiger partial charge on any atom is 0.157 e. The summed E-state index contributed by atoms with van der Waals surface area (Å²) < 4.78 is 0. The maximum atomic E-state index is 10.0. The van der Waals surface area contributed by atoms with E-state index in [-0.39, 0.29) is 17.4 Å². The lowest BCUT2D eigenvalue weighted by molar-refractivity contribution is 0.382. The van der Waals surface area contributed by atoms with Crippen LogP contribution in [0.1, 0.15) is 33.9 Å². The van der Waals surface area contributed by atoms with Gasteiger partial charge in [0.2, 0.25) is 0 Å². The molecule has 0 fully saturated rings. The monoisotopic (exact) mass is 355 g/mol. The highest BCUT2D eigenvalue weighted by Gasteiger charge is 2.36. The fraction of sp³-hybridized carbons (Fsp3) is 0.263. The van der Waals surface area contributed by atoms with Gasteiger partial charge in [0.05, 0.1) is 0 Å². The van der Waals surface area contributed by atoms with Crippen molar-refractivity contribution in [2.24, 2.45) is 0 Å². The fourth-order valence-electron chi connectivity index (χ4n) is 4.05. The predicted octanol–water partition coefficient (Wildman–Crippen LogP) is 4.44. The first-order valence-electron chi connectivity index (χ1n) is 8.15. The van der Waals surface area contributed by atoms with Gasteiger partial charge in [0.25, 0.3) is 0 Å². The van der Waals surface area contributed by atoms with Gasteiger partial charge >= 0.3 is 0 Å². The third-order valence-electron chi connectivity index (χ3n) is 5.16. The normalized spacial score (nSPS) is 21.8. The maximum absolute atomic E-state index is 10.0. The summed E-state index contributed by atoms with van der Waals surface area (Å²) in [6.07, 6.45) is 2.00. The van der Waals surface area contributed by atoms with Gasteiger partial charge < -0.3 is 15.5 Å². The van der Waals surface area contributed by atoms with Crippen LogP contribution in [0.25, 0.3) is 9.75 Å². The number of phenols is 2. The van der Waals surface area contributed by atoms with Crippen LogP contribution in [0.2, 0.25) is 0 Å². The summed E-state index contributed by atoms with van der Waals surface area (Å²) in [4.78, 5) is 4.03. The second kappa shape index (κ2) is 5.34. The van der Waals surface area contributed by atoms with Gasteiger partial charge in [-0.15, -0.1) is 22.7 Å². The molecule has 5 rings (SSSR count). The van der Waals surface area contributed by atoms with Crippen molar-refractivity contribution in [1.29, 1.82) is 0 Å². The van der Waals surface area contributed by atoms with Crippen molar-refractivity contribution >= 4 is 22.7 Å². The third kappa shape index (κ3) is 2.12. The van der Waals surface area contributed by atoms with E-state index in [4.69, 9.17) is 0 Å². The van der Waals surface area contributed by atoms with Crippen molar-refractivity contribution < 1.29 is 10.2 Å². The first kappa shape index (κ1) is 14.5. The van der Waals surface area contributed by atoms with Crippen molar-refractivity contribution in [2.45, 2.75) is 31.3 Å². The third-order valence-corrected chi connectivity index (χ3v) is 7.38. The average Bonchev–Trinajstić information content (AvgIpc) is 3.24. The summed E-state index contributed by atoms with van der Waals surface area (Å²) >= 11 is 3.64. The Morgan fingerprint density at radius 3 is 2.75 bits per heavy atom. The number of hydrogen-bond acceptors (Lipinski definition) is 5. The van der Waals surface area contributed by atoms with Crippen LogP contribution >= 0.6 is 22.7 Å². The first-order chi connectivity index (χ1) is 11.7. The molecule has 0 unspecified atom stereocenters. The lowest BCUT2D eigenvalue weighted by Crippen LogP contribution is -2.41. The molecular formula is C19H17NO2S2. The fourth-order valence-corrected chi connectivity index (χ4v) is 6.03. The van der Waals surface area contributed by atoms with E-state index in [1.165, 1.54) is 20.2 Å². The average molecular weight is 355 g/mol. The molecule has 0 saturated carbocycles. The second-order valence-corrected chi connectivity index (χ2v) is 8.59. The molecule has 3 heterocycles. The lowest BCUT2D eigenvalue weighted by Gasteiger charge is -2.38. The van der Waals surface area contributed by atoms with Crippen LogP contribution in [0, 0.1) is 0 Å². The molecular weight excluding hydrogens is 338 g/mol. The minimum Gasteiger partial charge on any atom is -0.504 e. The minimum atomic E-state index is -0.0183. The Morgan fingerprint density at radius 2 is 1.92 bits per heavy atom. The Balaban J connectivity index is 1.66. The number of thiophene rings is 2. The zero-order valence-electron chi connectivity index (χ0n) is 13.0. The minimum absolute atomic E-state index is 0.0132. The van der Waals surface area contributed by atoms with Crippen LogP contribution in [-0.2, 0) is 13.0 Å². The summed E-state index contributed by atoms with van der Waals surface area (Å²) in [5, 5.41) is 25.6. The summed E-state index contributed by atoms with van der Waals surface area (Å²) in [7, 11) is 0. The molecule has 2 atom stereocenters. The number of fused-ring (bicyclic) bond motifs is 5. The zero-order valence-corrected chi connectivity index (χ0v) is 14.6. The molecule has 5 heteroatoms. The molecule has 3 aromatic rings. The molecule has 0 spiro atoms. The molecule has 24 heavy (non-hydrogen) atoms. The number of rotatable bonds is 1. The Labute approximate surface area is 148 Å². The Bertz CT molecular complexity index is 914. The van der Waals surface area contributed by atoms with Gasteiger partial charge in [-0.1, -0.05) is 6.07 Å². The largest absolute Gasteiger partial charge is 0.504 e. The van der Waals surface area contributed by atoms with Gasteiger partial charge in [0.1, 0.15) is 0 Å². The van der Waals surface area contributed by atoms with E-state index in [0.717, 1.165) is 30.5 Å².